The van der Waals surface area contributed by atoms with Crippen LogP contribution in [-0.2, 0) is 24.0 Å². The molecule has 0 bridgehead atoms. The number of nitrogens with two attached hydrogens (primary N) is 2. The van der Waals surface area contributed by atoms with Gasteiger partial charge in [-0.2, -0.15) is 0 Å². The van der Waals surface area contributed by atoms with Crippen LogP contribution >= 0.6 is 0 Å². The number of nitrogens with one attached hydrogen (secondary N) is 3. The molecule has 0 fully saturated rings. The van der Waals surface area contributed by atoms with Crippen molar-refractivity contribution in [2.24, 2.45) is 11.5 Å². The van der Waals surface area contributed by atoms with Crippen LogP contribution in [0.15, 0.2) is 0 Å². The molecule has 4 amide bonds. The van der Waals surface area contributed by atoms with E-state index in [1.807, 2.05) is 0 Å². The maximum atomic E-state index is 12.2. The van der Waals surface area contributed by atoms with Crippen molar-refractivity contribution in [2.75, 3.05) is 13.2 Å². The molecule has 0 aromatic carbocycles. The van der Waals surface area contributed by atoms with Crippen molar-refractivity contribution < 1.29 is 39.3 Å². The molecule has 0 saturated carbocycles. The molecule has 4 atom stereocenters. The van der Waals surface area contributed by atoms with E-state index in [4.69, 9.17) is 21.7 Å². The number of aliphatic carboxylic acids is 1. The minimum absolute atomic E-state index is 0.272. The molecule has 13 nitrogen and oxygen atoms in total. The zero-order chi connectivity index (χ0) is 21.1. The topological polar surface area (TPSA) is 234 Å². The Kier molecular flexibility index (Phi) is 10.6. The number of carboxylic acids is 1. The maximum Gasteiger partial charge on any atom is 0.326 e. The van der Waals surface area contributed by atoms with E-state index in [9.17, 15) is 29.1 Å². The van der Waals surface area contributed by atoms with E-state index in [2.05, 4.69) is 16.0 Å². The molecule has 13 heteroatoms. The lowest BCUT2D eigenvalue weighted by molar-refractivity contribution is -0.143. The quantitative estimate of drug-likeness (QED) is 0.159. The second kappa shape index (κ2) is 11.8. The van der Waals surface area contributed by atoms with E-state index in [-0.39, 0.29) is 12.8 Å². The summed E-state index contributed by atoms with van der Waals surface area (Å²) in [5, 5.41) is 33.8. The first-order chi connectivity index (χ1) is 12.5. The highest BCUT2D eigenvalue weighted by molar-refractivity contribution is 5.93. The van der Waals surface area contributed by atoms with E-state index < -0.39 is 67.0 Å². The van der Waals surface area contributed by atoms with Gasteiger partial charge in [0.15, 0.2) is 0 Å². The van der Waals surface area contributed by atoms with Gasteiger partial charge in [0, 0.05) is 6.42 Å². The first kappa shape index (κ1) is 24.2. The third-order valence-electron chi connectivity index (χ3n) is 3.33. The standard InChI is InChI=1S/C14H25N5O8/c1-6(21)11(19-10(23)4-17-12(24)7(15)5-20)13(25)18-8(14(26)27)2-3-9(16)22/h6-8,11,20-21H,2-5,15H2,1H3,(H2,16,22)(H,17,24)(H,18,25)(H,19,23)(H,26,27). The highest BCUT2D eigenvalue weighted by Crippen LogP contribution is 2.01. The number of rotatable bonds is 12. The number of aliphatic hydroxyl groups is 2. The summed E-state index contributed by atoms with van der Waals surface area (Å²) in [6, 6.07) is -4.20. The fourth-order valence-corrected chi connectivity index (χ4v) is 1.82. The smallest absolute Gasteiger partial charge is 0.326 e. The molecule has 0 aromatic heterocycles. The number of hydrogen-bond donors (Lipinski definition) is 8. The van der Waals surface area contributed by atoms with Crippen molar-refractivity contribution >= 4 is 29.6 Å². The summed E-state index contributed by atoms with van der Waals surface area (Å²) in [6.07, 6.45) is -1.96. The predicted octanol–water partition coefficient (Wildman–Crippen LogP) is -4.88. The van der Waals surface area contributed by atoms with Crippen molar-refractivity contribution in [3.8, 4) is 0 Å². The zero-order valence-electron chi connectivity index (χ0n) is 14.7. The molecule has 154 valence electrons. The highest BCUT2D eigenvalue weighted by Gasteiger charge is 2.30. The minimum Gasteiger partial charge on any atom is -0.480 e. The van der Waals surface area contributed by atoms with Crippen LogP contribution in [0.4, 0.5) is 0 Å². The van der Waals surface area contributed by atoms with Gasteiger partial charge in [0.05, 0.1) is 19.3 Å². The molecule has 0 rings (SSSR count). The first-order valence-corrected chi connectivity index (χ1v) is 7.92. The van der Waals surface area contributed by atoms with Gasteiger partial charge in [-0.15, -0.1) is 0 Å². The fraction of sp³-hybridized carbons (Fsp3) is 0.643. The molecule has 0 aliphatic rings. The summed E-state index contributed by atoms with van der Waals surface area (Å²) in [7, 11) is 0. The minimum atomic E-state index is -1.52. The predicted molar refractivity (Wildman–Crippen MR) is 89.7 cm³/mol. The Morgan fingerprint density at radius 1 is 1.07 bits per heavy atom. The molecule has 10 N–H and O–H groups in total. The van der Waals surface area contributed by atoms with Crippen molar-refractivity contribution in [3.05, 3.63) is 0 Å². The number of carbonyl (C=O) groups is 5. The SMILES string of the molecule is CC(O)C(NC(=O)CNC(=O)C(N)CO)C(=O)NC(CCC(N)=O)C(=O)O. The number of primary amides is 1. The Bertz CT molecular complexity index is 568. The molecule has 0 spiro atoms. The van der Waals surface area contributed by atoms with Gasteiger partial charge >= 0.3 is 5.97 Å². The second-order valence-electron chi connectivity index (χ2n) is 5.70. The molecular formula is C14H25N5O8. The van der Waals surface area contributed by atoms with Gasteiger partial charge in [0.2, 0.25) is 23.6 Å². The number of amides is 4. The van der Waals surface area contributed by atoms with E-state index in [1.165, 1.54) is 6.92 Å². The molecule has 0 aliphatic heterocycles. The van der Waals surface area contributed by atoms with Crippen LogP contribution < -0.4 is 27.4 Å². The average molecular weight is 391 g/mol. The summed E-state index contributed by atoms with van der Waals surface area (Å²) in [5.41, 5.74) is 10.2. The Balaban J connectivity index is 4.82. The van der Waals surface area contributed by atoms with Crippen LogP contribution in [0.1, 0.15) is 19.8 Å². The van der Waals surface area contributed by atoms with Gasteiger partial charge in [-0.3, -0.25) is 19.2 Å². The largest absolute Gasteiger partial charge is 0.480 e. The van der Waals surface area contributed by atoms with Crippen LogP contribution in [0, 0.1) is 0 Å². The van der Waals surface area contributed by atoms with E-state index in [1.54, 1.807) is 0 Å². The van der Waals surface area contributed by atoms with Gasteiger partial charge in [-0.25, -0.2) is 4.79 Å². The van der Waals surface area contributed by atoms with Crippen molar-refractivity contribution in [1.29, 1.82) is 0 Å². The zero-order valence-corrected chi connectivity index (χ0v) is 14.7. The molecule has 0 aromatic rings. The van der Waals surface area contributed by atoms with Gasteiger partial charge in [0.1, 0.15) is 18.1 Å². The fourth-order valence-electron chi connectivity index (χ4n) is 1.82. The summed E-state index contributed by atoms with van der Waals surface area (Å²) < 4.78 is 0. The van der Waals surface area contributed by atoms with Crippen LogP contribution in [-0.4, -0.2) is 82.3 Å². The van der Waals surface area contributed by atoms with Crippen LogP contribution in [0.2, 0.25) is 0 Å². The molecule has 0 aliphatic carbocycles. The molecule has 0 heterocycles. The van der Waals surface area contributed by atoms with Crippen molar-refractivity contribution in [3.63, 3.8) is 0 Å². The van der Waals surface area contributed by atoms with E-state index >= 15 is 0 Å². The molecule has 0 radical (unpaired) electrons. The third-order valence-corrected chi connectivity index (χ3v) is 3.33. The maximum absolute atomic E-state index is 12.2. The van der Waals surface area contributed by atoms with Crippen LogP contribution in [0.25, 0.3) is 0 Å². The first-order valence-electron chi connectivity index (χ1n) is 7.92. The molecule has 0 saturated heterocycles. The lowest BCUT2D eigenvalue weighted by Crippen LogP contribution is -2.57. The second-order valence-corrected chi connectivity index (χ2v) is 5.70. The van der Waals surface area contributed by atoms with E-state index in [0.717, 1.165) is 0 Å². The Morgan fingerprint density at radius 3 is 2.11 bits per heavy atom. The van der Waals surface area contributed by atoms with Gasteiger partial charge in [-0.1, -0.05) is 0 Å². The Labute approximate surface area is 154 Å². The molecule has 4 unspecified atom stereocenters. The van der Waals surface area contributed by atoms with E-state index in [0.29, 0.717) is 0 Å². The van der Waals surface area contributed by atoms with Crippen LogP contribution in [0.3, 0.4) is 0 Å². The third kappa shape index (κ3) is 9.48. The summed E-state index contributed by atoms with van der Waals surface area (Å²) >= 11 is 0. The number of carbonyl (C=O) groups excluding carboxylic acids is 4. The highest BCUT2D eigenvalue weighted by atomic mass is 16.4. The summed E-state index contributed by atoms with van der Waals surface area (Å²) in [6.45, 7) is -0.0366. The summed E-state index contributed by atoms with van der Waals surface area (Å²) in [4.78, 5) is 57.2. The lowest BCUT2D eigenvalue weighted by Gasteiger charge is -2.23. The monoisotopic (exact) mass is 391 g/mol. The van der Waals surface area contributed by atoms with Gasteiger partial charge in [-0.05, 0) is 13.3 Å². The van der Waals surface area contributed by atoms with Crippen molar-refractivity contribution in [1.82, 2.24) is 16.0 Å². The van der Waals surface area contributed by atoms with Gasteiger partial charge < -0.3 is 42.7 Å². The molecule has 27 heavy (non-hydrogen) atoms. The van der Waals surface area contributed by atoms with Gasteiger partial charge in [0.25, 0.3) is 0 Å². The van der Waals surface area contributed by atoms with Crippen LogP contribution in [0.5, 0.6) is 0 Å². The normalized spacial score (nSPS) is 15.0. The Hall–Kier alpha value is -2.77. The van der Waals surface area contributed by atoms with Crippen molar-refractivity contribution in [2.45, 2.75) is 44.0 Å². The number of hydrogen-bond acceptors (Lipinski definition) is 8. The summed E-state index contributed by atoms with van der Waals surface area (Å²) in [5.74, 6) is -4.85. The number of carboxylic acid groups (broad SMARTS) is 1. The molecular weight excluding hydrogens is 366 g/mol. The Morgan fingerprint density at radius 2 is 1.67 bits per heavy atom. The number of aliphatic hydroxyl groups excluding tert-OH is 2. The average Bonchev–Trinajstić information content (AvgIpc) is 2.59. The lowest BCUT2D eigenvalue weighted by atomic mass is 10.1.